The number of carbonyl (C=O) groups excluding carboxylic acids is 2. The van der Waals surface area contributed by atoms with Crippen LogP contribution in [0.3, 0.4) is 0 Å². The van der Waals surface area contributed by atoms with E-state index in [0.717, 1.165) is 50.3 Å². The van der Waals surface area contributed by atoms with E-state index in [1.807, 2.05) is 11.0 Å². The summed E-state index contributed by atoms with van der Waals surface area (Å²) in [5.74, 6) is 1.43. The van der Waals surface area contributed by atoms with Crippen LogP contribution in [0.4, 0.5) is 5.82 Å². The summed E-state index contributed by atoms with van der Waals surface area (Å²) in [6.07, 6.45) is 4.13. The highest BCUT2D eigenvalue weighted by atomic mass is 35.5. The number of pyridine rings is 1. The molecule has 1 fully saturated rings. The average Bonchev–Trinajstić information content (AvgIpc) is 3.23. The van der Waals surface area contributed by atoms with Gasteiger partial charge in [-0.25, -0.2) is 4.98 Å². The van der Waals surface area contributed by atoms with Gasteiger partial charge in [-0.05, 0) is 42.2 Å². The van der Waals surface area contributed by atoms with Crippen molar-refractivity contribution in [1.29, 1.82) is 0 Å². The van der Waals surface area contributed by atoms with Gasteiger partial charge < -0.3 is 15.0 Å². The lowest BCUT2D eigenvalue weighted by atomic mass is 10.0. The molecule has 2 aromatic rings. The van der Waals surface area contributed by atoms with Crippen LogP contribution < -0.4 is 10.1 Å². The number of nitrogens with zero attached hydrogens (tertiary/aromatic N) is 3. The summed E-state index contributed by atoms with van der Waals surface area (Å²) >= 11 is 5.88. The zero-order valence-electron chi connectivity index (χ0n) is 17.6. The molecule has 2 aliphatic rings. The van der Waals surface area contributed by atoms with Crippen LogP contribution in [0, 0.1) is 0 Å². The molecule has 0 aliphatic carbocycles. The Labute approximate surface area is 187 Å². The smallest absolute Gasteiger partial charge is 0.239 e. The highest BCUT2D eigenvalue weighted by molar-refractivity contribution is 6.30. The van der Waals surface area contributed by atoms with Crippen molar-refractivity contribution in [2.75, 3.05) is 31.6 Å². The molecule has 164 valence electrons. The number of fused-ring (bicyclic) bond motifs is 1. The number of aromatic nitrogens is 1. The normalized spacial score (nSPS) is 16.2. The topological polar surface area (TPSA) is 74.8 Å². The Hall–Kier alpha value is -2.64. The minimum absolute atomic E-state index is 0.107. The fourth-order valence-electron chi connectivity index (χ4n) is 4.25. The van der Waals surface area contributed by atoms with Gasteiger partial charge in [-0.3, -0.25) is 14.5 Å². The number of benzene rings is 1. The first-order valence-corrected chi connectivity index (χ1v) is 11.0. The molecule has 3 heterocycles. The summed E-state index contributed by atoms with van der Waals surface area (Å²) in [4.78, 5) is 32.7. The molecular weight excluding hydrogens is 416 g/mol. The lowest BCUT2D eigenvalue weighted by Crippen LogP contribution is -2.48. The largest absolute Gasteiger partial charge is 0.493 e. The zero-order valence-corrected chi connectivity index (χ0v) is 18.4. The molecule has 1 aromatic carbocycles. The molecule has 0 atom stereocenters. The average molecular weight is 443 g/mol. The molecule has 8 heteroatoms. The van der Waals surface area contributed by atoms with Gasteiger partial charge in [0.15, 0.2) is 0 Å². The van der Waals surface area contributed by atoms with Crippen molar-refractivity contribution in [2.45, 2.75) is 38.8 Å². The van der Waals surface area contributed by atoms with Crippen LogP contribution >= 0.6 is 11.6 Å². The van der Waals surface area contributed by atoms with Crippen molar-refractivity contribution in [3.05, 3.63) is 52.7 Å². The van der Waals surface area contributed by atoms with E-state index < -0.39 is 0 Å². The molecule has 31 heavy (non-hydrogen) atoms. The van der Waals surface area contributed by atoms with Gasteiger partial charge in [-0.2, -0.15) is 0 Å². The number of rotatable bonds is 6. The van der Waals surface area contributed by atoms with E-state index in [1.165, 1.54) is 11.8 Å². The van der Waals surface area contributed by atoms with E-state index in [-0.39, 0.29) is 24.4 Å². The number of anilines is 1. The minimum atomic E-state index is -0.117. The Morgan fingerprint density at radius 2 is 2.06 bits per heavy atom. The number of amides is 2. The first-order chi connectivity index (χ1) is 15.0. The monoisotopic (exact) mass is 442 g/mol. The van der Waals surface area contributed by atoms with Gasteiger partial charge >= 0.3 is 0 Å². The van der Waals surface area contributed by atoms with E-state index in [9.17, 15) is 9.59 Å². The SMILES string of the molecule is CC(=O)N1CCC(N(CC(=O)Nc2ccc(Cl)cn2)Cc2ccc3c(c2)CCO3)CC1. The van der Waals surface area contributed by atoms with Crippen LogP contribution in [-0.2, 0) is 22.6 Å². The lowest BCUT2D eigenvalue weighted by molar-refractivity contribution is -0.131. The fraction of sp³-hybridized carbons (Fsp3) is 0.435. The number of piperidine rings is 1. The van der Waals surface area contributed by atoms with Gasteiger partial charge in [0, 0.05) is 45.2 Å². The summed E-state index contributed by atoms with van der Waals surface area (Å²) in [5, 5.41) is 3.38. The van der Waals surface area contributed by atoms with Crippen LogP contribution in [0.2, 0.25) is 5.02 Å². The number of ether oxygens (including phenoxy) is 1. The van der Waals surface area contributed by atoms with Crippen LogP contribution in [0.1, 0.15) is 30.9 Å². The fourth-order valence-corrected chi connectivity index (χ4v) is 4.36. The molecule has 1 N–H and O–H groups in total. The number of likely N-dealkylation sites (tertiary alicyclic amines) is 1. The molecule has 2 aliphatic heterocycles. The van der Waals surface area contributed by atoms with Crippen molar-refractivity contribution in [1.82, 2.24) is 14.8 Å². The summed E-state index contributed by atoms with van der Waals surface area (Å²) in [6.45, 7) is 4.69. The lowest BCUT2D eigenvalue weighted by Gasteiger charge is -2.38. The molecule has 2 amide bonds. The maximum atomic E-state index is 12.8. The molecule has 0 radical (unpaired) electrons. The molecule has 7 nitrogen and oxygen atoms in total. The molecule has 1 saturated heterocycles. The van der Waals surface area contributed by atoms with Gasteiger partial charge in [-0.1, -0.05) is 23.7 Å². The summed E-state index contributed by atoms with van der Waals surface area (Å²) in [5.41, 5.74) is 2.38. The Kier molecular flexibility index (Phi) is 6.73. The van der Waals surface area contributed by atoms with Crippen LogP contribution in [0.15, 0.2) is 36.5 Å². The van der Waals surface area contributed by atoms with Crippen molar-refractivity contribution < 1.29 is 14.3 Å². The first kappa shape index (κ1) is 21.6. The molecule has 4 rings (SSSR count). The predicted molar refractivity (Wildman–Crippen MR) is 119 cm³/mol. The Balaban J connectivity index is 1.46. The first-order valence-electron chi connectivity index (χ1n) is 10.6. The molecule has 0 bridgehead atoms. The second kappa shape index (κ2) is 9.66. The van der Waals surface area contributed by atoms with Crippen molar-refractivity contribution in [2.24, 2.45) is 0 Å². The summed E-state index contributed by atoms with van der Waals surface area (Å²) in [6, 6.07) is 9.89. The number of nitrogens with one attached hydrogen (secondary N) is 1. The van der Waals surface area contributed by atoms with Gasteiger partial charge in [-0.15, -0.1) is 0 Å². The molecule has 0 spiro atoms. The third kappa shape index (κ3) is 5.54. The van der Waals surface area contributed by atoms with E-state index in [2.05, 4.69) is 27.3 Å². The van der Waals surface area contributed by atoms with Crippen molar-refractivity contribution >= 4 is 29.2 Å². The second-order valence-electron chi connectivity index (χ2n) is 8.09. The Morgan fingerprint density at radius 1 is 1.26 bits per heavy atom. The molecule has 1 aromatic heterocycles. The second-order valence-corrected chi connectivity index (χ2v) is 8.53. The van der Waals surface area contributed by atoms with E-state index in [1.54, 1.807) is 19.1 Å². The van der Waals surface area contributed by atoms with E-state index in [4.69, 9.17) is 16.3 Å². The number of carbonyl (C=O) groups is 2. The highest BCUT2D eigenvalue weighted by Crippen LogP contribution is 2.27. The van der Waals surface area contributed by atoms with Crippen LogP contribution in [0.5, 0.6) is 5.75 Å². The number of hydrogen-bond donors (Lipinski definition) is 1. The quantitative estimate of drug-likeness (QED) is 0.744. The maximum absolute atomic E-state index is 12.8. The van der Waals surface area contributed by atoms with Gasteiger partial charge in [0.05, 0.1) is 18.2 Å². The van der Waals surface area contributed by atoms with Gasteiger partial charge in [0.1, 0.15) is 11.6 Å². The van der Waals surface area contributed by atoms with E-state index in [0.29, 0.717) is 17.4 Å². The Morgan fingerprint density at radius 3 is 2.77 bits per heavy atom. The third-order valence-electron chi connectivity index (χ3n) is 5.91. The summed E-state index contributed by atoms with van der Waals surface area (Å²) < 4.78 is 5.62. The van der Waals surface area contributed by atoms with Crippen LogP contribution in [-0.4, -0.2) is 58.9 Å². The third-order valence-corrected chi connectivity index (χ3v) is 6.13. The predicted octanol–water partition coefficient (Wildman–Crippen LogP) is 3.12. The molecule has 0 saturated carbocycles. The number of hydrogen-bond acceptors (Lipinski definition) is 5. The van der Waals surface area contributed by atoms with Crippen molar-refractivity contribution in [3.63, 3.8) is 0 Å². The zero-order chi connectivity index (χ0) is 21.8. The minimum Gasteiger partial charge on any atom is -0.493 e. The standard InChI is InChI=1S/C23H27ClN4O3/c1-16(29)27-9-6-20(7-10-27)28(14-17-2-4-21-18(12-17)8-11-31-21)15-23(30)26-22-5-3-19(24)13-25-22/h2-5,12-13,20H,6-11,14-15H2,1H3,(H,25,26,30). The highest BCUT2D eigenvalue weighted by Gasteiger charge is 2.27. The van der Waals surface area contributed by atoms with Gasteiger partial charge in [0.2, 0.25) is 11.8 Å². The summed E-state index contributed by atoms with van der Waals surface area (Å²) in [7, 11) is 0. The molecular formula is C23H27ClN4O3. The van der Waals surface area contributed by atoms with Crippen molar-refractivity contribution in [3.8, 4) is 5.75 Å². The molecule has 0 unspecified atom stereocenters. The maximum Gasteiger partial charge on any atom is 0.239 e. The Bertz CT molecular complexity index is 942. The van der Waals surface area contributed by atoms with Crippen LogP contribution in [0.25, 0.3) is 0 Å². The van der Waals surface area contributed by atoms with Gasteiger partial charge in [0.25, 0.3) is 0 Å². The number of halogens is 1. The van der Waals surface area contributed by atoms with E-state index >= 15 is 0 Å².